The van der Waals surface area contributed by atoms with E-state index in [1.165, 1.54) is 18.2 Å². The molecule has 0 fully saturated rings. The van der Waals surface area contributed by atoms with E-state index in [4.69, 9.17) is 0 Å². The number of imidazole rings is 1. The van der Waals surface area contributed by atoms with Gasteiger partial charge in [-0.2, -0.15) is 0 Å². The number of hydrogen-bond acceptors (Lipinski definition) is 2. The minimum atomic E-state index is -0.329. The fraction of sp³-hybridized carbons (Fsp3) is 0.0588. The lowest BCUT2D eigenvalue weighted by atomic mass is 10.2. The molecule has 0 aliphatic heterocycles. The number of hydrogen-bond donors (Lipinski definition) is 2. The largest absolute Gasteiger partial charge is 0.345 e. The fourth-order valence-corrected chi connectivity index (χ4v) is 2.10. The summed E-state index contributed by atoms with van der Waals surface area (Å²) in [5.74, 6) is 0.100. The molecule has 0 unspecified atom stereocenters. The normalized spacial score (nSPS) is 11.1. The second kappa shape index (κ2) is 6.22. The molecule has 1 amide bonds. The lowest BCUT2D eigenvalue weighted by Crippen LogP contribution is -2.20. The molecule has 0 saturated heterocycles. The maximum absolute atomic E-state index is 13.0. The average molecular weight is 295 g/mol. The number of para-hydroxylation sites is 2. The molecule has 0 saturated carbocycles. The van der Waals surface area contributed by atoms with E-state index in [1.54, 1.807) is 18.2 Å². The number of aromatic amines is 1. The van der Waals surface area contributed by atoms with Crippen LogP contribution in [0.15, 0.2) is 54.6 Å². The molecular formula is C17H14FN3O. The van der Waals surface area contributed by atoms with Crippen molar-refractivity contribution in [2.75, 3.05) is 0 Å². The van der Waals surface area contributed by atoms with Crippen LogP contribution >= 0.6 is 0 Å². The quantitative estimate of drug-likeness (QED) is 0.727. The van der Waals surface area contributed by atoms with Gasteiger partial charge in [-0.15, -0.1) is 0 Å². The zero-order chi connectivity index (χ0) is 15.4. The molecule has 3 rings (SSSR count). The zero-order valence-electron chi connectivity index (χ0n) is 11.7. The van der Waals surface area contributed by atoms with Crippen molar-refractivity contribution >= 4 is 23.0 Å². The van der Waals surface area contributed by atoms with Crippen molar-refractivity contribution in [3.63, 3.8) is 0 Å². The van der Waals surface area contributed by atoms with Gasteiger partial charge in [-0.1, -0.05) is 24.3 Å². The predicted octanol–water partition coefficient (Wildman–Crippen LogP) is 3.03. The molecule has 2 aromatic carbocycles. The summed E-state index contributed by atoms with van der Waals surface area (Å²) in [6, 6.07) is 13.7. The van der Waals surface area contributed by atoms with Gasteiger partial charge in [-0.3, -0.25) is 4.79 Å². The van der Waals surface area contributed by atoms with Gasteiger partial charge in [0.1, 0.15) is 11.6 Å². The Hall–Kier alpha value is -2.95. The summed E-state index contributed by atoms with van der Waals surface area (Å²) in [6.07, 6.45) is 2.94. The Bertz CT molecular complexity index is 806. The number of amides is 1. The van der Waals surface area contributed by atoms with Crippen LogP contribution in [0.1, 0.15) is 11.4 Å². The van der Waals surface area contributed by atoms with Gasteiger partial charge in [0.2, 0.25) is 5.91 Å². The van der Waals surface area contributed by atoms with E-state index in [9.17, 15) is 9.18 Å². The first kappa shape index (κ1) is 14.0. The van der Waals surface area contributed by atoms with Crippen molar-refractivity contribution in [1.29, 1.82) is 0 Å². The second-order valence-corrected chi connectivity index (χ2v) is 4.81. The number of nitrogens with zero attached hydrogens (tertiary/aromatic N) is 1. The van der Waals surface area contributed by atoms with E-state index in [0.29, 0.717) is 17.9 Å². The molecule has 0 aliphatic carbocycles. The third-order valence-corrected chi connectivity index (χ3v) is 3.14. The lowest BCUT2D eigenvalue weighted by Gasteiger charge is -1.98. The highest BCUT2D eigenvalue weighted by Crippen LogP contribution is 2.10. The van der Waals surface area contributed by atoms with Gasteiger partial charge >= 0.3 is 0 Å². The highest BCUT2D eigenvalue weighted by atomic mass is 19.1. The van der Waals surface area contributed by atoms with Crippen molar-refractivity contribution in [3.05, 3.63) is 71.8 Å². The lowest BCUT2D eigenvalue weighted by molar-refractivity contribution is -0.116. The Morgan fingerprint density at radius 1 is 1.23 bits per heavy atom. The minimum Gasteiger partial charge on any atom is -0.345 e. The molecule has 5 heteroatoms. The zero-order valence-corrected chi connectivity index (χ0v) is 11.7. The first-order valence-corrected chi connectivity index (χ1v) is 6.86. The van der Waals surface area contributed by atoms with Gasteiger partial charge in [0.05, 0.1) is 17.6 Å². The maximum atomic E-state index is 13.0. The molecule has 22 heavy (non-hydrogen) atoms. The van der Waals surface area contributed by atoms with E-state index in [1.807, 2.05) is 24.3 Å². The van der Waals surface area contributed by atoms with Gasteiger partial charge in [-0.25, -0.2) is 9.37 Å². The highest BCUT2D eigenvalue weighted by Gasteiger charge is 2.03. The predicted molar refractivity (Wildman–Crippen MR) is 83.4 cm³/mol. The molecule has 110 valence electrons. The van der Waals surface area contributed by atoms with Crippen LogP contribution < -0.4 is 5.32 Å². The first-order valence-electron chi connectivity index (χ1n) is 6.86. The summed E-state index contributed by atoms with van der Waals surface area (Å²) < 4.78 is 13.0. The van der Waals surface area contributed by atoms with Crippen LogP contribution in [0, 0.1) is 5.82 Å². The van der Waals surface area contributed by atoms with E-state index < -0.39 is 0 Å². The number of fused-ring (bicyclic) bond motifs is 1. The molecule has 0 aliphatic rings. The van der Waals surface area contributed by atoms with Crippen LogP contribution in [-0.4, -0.2) is 15.9 Å². The van der Waals surface area contributed by atoms with Crippen molar-refractivity contribution < 1.29 is 9.18 Å². The summed E-state index contributed by atoms with van der Waals surface area (Å²) in [5, 5.41) is 2.73. The highest BCUT2D eigenvalue weighted by molar-refractivity contribution is 5.91. The number of aromatic nitrogens is 2. The van der Waals surface area contributed by atoms with Gasteiger partial charge in [0.25, 0.3) is 0 Å². The van der Waals surface area contributed by atoms with Crippen LogP contribution in [0.4, 0.5) is 4.39 Å². The topological polar surface area (TPSA) is 57.8 Å². The smallest absolute Gasteiger partial charge is 0.244 e. The Morgan fingerprint density at radius 3 is 2.91 bits per heavy atom. The third-order valence-electron chi connectivity index (χ3n) is 3.14. The van der Waals surface area contributed by atoms with Crippen molar-refractivity contribution in [2.45, 2.75) is 6.54 Å². The Morgan fingerprint density at radius 2 is 2.09 bits per heavy atom. The Kier molecular flexibility index (Phi) is 3.96. The summed E-state index contributed by atoms with van der Waals surface area (Å²) >= 11 is 0. The first-order chi connectivity index (χ1) is 10.7. The fourth-order valence-electron chi connectivity index (χ4n) is 2.10. The summed E-state index contributed by atoms with van der Waals surface area (Å²) in [7, 11) is 0. The van der Waals surface area contributed by atoms with E-state index in [2.05, 4.69) is 15.3 Å². The van der Waals surface area contributed by atoms with Crippen LogP contribution in [0.3, 0.4) is 0 Å². The molecule has 0 bridgehead atoms. The molecule has 3 aromatic rings. The Labute approximate surface area is 126 Å². The molecule has 1 aromatic heterocycles. The van der Waals surface area contributed by atoms with Gasteiger partial charge in [0.15, 0.2) is 0 Å². The van der Waals surface area contributed by atoms with Gasteiger partial charge < -0.3 is 10.3 Å². The molecule has 2 N–H and O–H groups in total. The number of benzene rings is 2. The number of carbonyl (C=O) groups excluding carboxylic acids is 1. The summed E-state index contributed by atoms with van der Waals surface area (Å²) in [6.45, 7) is 0.307. The molecule has 4 nitrogen and oxygen atoms in total. The van der Waals surface area contributed by atoms with Crippen molar-refractivity contribution in [3.8, 4) is 0 Å². The van der Waals surface area contributed by atoms with Crippen molar-refractivity contribution in [2.24, 2.45) is 0 Å². The van der Waals surface area contributed by atoms with Gasteiger partial charge in [0, 0.05) is 6.08 Å². The molecule has 0 radical (unpaired) electrons. The van der Waals surface area contributed by atoms with E-state index >= 15 is 0 Å². The monoisotopic (exact) mass is 295 g/mol. The SMILES string of the molecule is O=C(C=Cc1cccc(F)c1)NCc1nc2ccccc2[nH]1. The van der Waals surface area contributed by atoms with E-state index in [0.717, 1.165) is 11.0 Å². The van der Waals surface area contributed by atoms with Crippen LogP contribution in [0.25, 0.3) is 17.1 Å². The second-order valence-electron chi connectivity index (χ2n) is 4.81. The Balaban J connectivity index is 1.60. The minimum absolute atomic E-state index is 0.260. The molecule has 0 spiro atoms. The molecular weight excluding hydrogens is 281 g/mol. The van der Waals surface area contributed by atoms with Crippen LogP contribution in [0.5, 0.6) is 0 Å². The van der Waals surface area contributed by atoms with Crippen LogP contribution in [-0.2, 0) is 11.3 Å². The summed E-state index contributed by atoms with van der Waals surface area (Å²) in [4.78, 5) is 19.3. The number of nitrogens with one attached hydrogen (secondary N) is 2. The third kappa shape index (κ3) is 3.38. The van der Waals surface area contributed by atoms with Gasteiger partial charge in [-0.05, 0) is 35.9 Å². The summed E-state index contributed by atoms with van der Waals surface area (Å²) in [5.41, 5.74) is 2.43. The standard InChI is InChI=1S/C17H14FN3O/c18-13-5-3-4-12(10-13)8-9-17(22)19-11-16-20-14-6-1-2-7-15(14)21-16/h1-10H,11H2,(H,19,22)(H,20,21). The number of H-pyrrole nitrogens is 1. The average Bonchev–Trinajstić information content (AvgIpc) is 2.94. The number of carbonyl (C=O) groups is 1. The number of halogens is 1. The molecule has 1 heterocycles. The van der Waals surface area contributed by atoms with Crippen LogP contribution in [0.2, 0.25) is 0 Å². The van der Waals surface area contributed by atoms with E-state index in [-0.39, 0.29) is 11.7 Å². The van der Waals surface area contributed by atoms with Crippen molar-refractivity contribution in [1.82, 2.24) is 15.3 Å². The maximum Gasteiger partial charge on any atom is 0.244 e. The number of rotatable bonds is 4. The molecule has 0 atom stereocenters.